The maximum atomic E-state index is 12.8. The van der Waals surface area contributed by atoms with Gasteiger partial charge in [-0.25, -0.2) is 0 Å². The van der Waals surface area contributed by atoms with E-state index in [9.17, 15) is 4.79 Å². The molecule has 0 aliphatic carbocycles. The van der Waals surface area contributed by atoms with Crippen LogP contribution in [0.2, 0.25) is 0 Å². The molecule has 0 saturated heterocycles. The van der Waals surface area contributed by atoms with Gasteiger partial charge in [0, 0.05) is 11.1 Å². The van der Waals surface area contributed by atoms with E-state index < -0.39 is 6.17 Å². The van der Waals surface area contributed by atoms with Crippen LogP contribution in [0.5, 0.6) is 0 Å². The summed E-state index contributed by atoms with van der Waals surface area (Å²) in [7, 11) is 0. The van der Waals surface area contributed by atoms with Crippen LogP contribution in [-0.2, 0) is 11.3 Å². The number of amides is 1. The van der Waals surface area contributed by atoms with Crippen molar-refractivity contribution in [3.05, 3.63) is 71.5 Å². The number of nitrogens with zero attached hydrogens (tertiary/aromatic N) is 5. The van der Waals surface area contributed by atoms with Crippen molar-refractivity contribution in [3.8, 4) is 0 Å². The van der Waals surface area contributed by atoms with Crippen molar-refractivity contribution in [2.75, 3.05) is 4.90 Å². The second-order valence-electron chi connectivity index (χ2n) is 5.56. The smallest absolute Gasteiger partial charge is 0.266 e. The number of para-hydroxylation sites is 1. The Morgan fingerprint density at radius 2 is 1.84 bits per heavy atom. The number of aromatic nitrogens is 4. The standard InChI is InChI=1S/C17H15N7O/c18-16-17(25)24(10-14-20-22-23-21-14)13-9-5-4-8-12(13)15(19-16)11-6-2-1-3-7-11/h1-9,16H,10,18H2,(H,20,21,22,23). The molecular formula is C17H15N7O. The van der Waals surface area contributed by atoms with Crippen LogP contribution in [0, 0.1) is 0 Å². The lowest BCUT2D eigenvalue weighted by Gasteiger charge is -2.22. The van der Waals surface area contributed by atoms with Crippen LogP contribution in [-0.4, -0.2) is 38.4 Å². The molecule has 1 atom stereocenters. The predicted octanol–water partition coefficient (Wildman–Crippen LogP) is 0.869. The number of carbonyl (C=O) groups is 1. The fraction of sp³-hybridized carbons (Fsp3) is 0.118. The maximum Gasteiger partial charge on any atom is 0.266 e. The fourth-order valence-corrected chi connectivity index (χ4v) is 2.83. The van der Waals surface area contributed by atoms with Gasteiger partial charge in [0.05, 0.1) is 17.9 Å². The monoisotopic (exact) mass is 333 g/mol. The minimum Gasteiger partial charge on any atom is -0.302 e. The molecule has 4 rings (SSSR count). The molecule has 1 unspecified atom stereocenters. The van der Waals surface area contributed by atoms with E-state index in [4.69, 9.17) is 5.73 Å². The maximum absolute atomic E-state index is 12.8. The van der Waals surface area contributed by atoms with E-state index in [1.165, 1.54) is 0 Å². The number of rotatable bonds is 3. The van der Waals surface area contributed by atoms with Crippen molar-refractivity contribution < 1.29 is 4.79 Å². The van der Waals surface area contributed by atoms with Crippen molar-refractivity contribution in [2.45, 2.75) is 12.7 Å². The zero-order valence-electron chi connectivity index (χ0n) is 13.2. The van der Waals surface area contributed by atoms with Gasteiger partial charge in [-0.15, -0.1) is 10.2 Å². The first-order chi connectivity index (χ1) is 12.2. The van der Waals surface area contributed by atoms with E-state index in [0.717, 1.165) is 11.1 Å². The lowest BCUT2D eigenvalue weighted by atomic mass is 10.0. The Morgan fingerprint density at radius 3 is 2.60 bits per heavy atom. The Kier molecular flexibility index (Phi) is 3.79. The predicted molar refractivity (Wildman–Crippen MR) is 91.9 cm³/mol. The molecule has 3 aromatic rings. The summed E-state index contributed by atoms with van der Waals surface area (Å²) in [6.07, 6.45) is -1.01. The van der Waals surface area contributed by atoms with Gasteiger partial charge in [-0.1, -0.05) is 53.7 Å². The van der Waals surface area contributed by atoms with Gasteiger partial charge < -0.3 is 10.6 Å². The highest BCUT2D eigenvalue weighted by Crippen LogP contribution is 2.28. The topological polar surface area (TPSA) is 113 Å². The molecule has 1 amide bonds. The first-order valence-corrected chi connectivity index (χ1v) is 7.76. The van der Waals surface area contributed by atoms with Gasteiger partial charge in [-0.05, 0) is 6.07 Å². The molecule has 124 valence electrons. The molecule has 2 aromatic carbocycles. The highest BCUT2D eigenvalue weighted by molar-refractivity contribution is 6.19. The van der Waals surface area contributed by atoms with E-state index in [-0.39, 0.29) is 12.5 Å². The molecule has 1 aliphatic rings. The summed E-state index contributed by atoms with van der Waals surface area (Å²) in [5.74, 6) is 0.0849. The highest BCUT2D eigenvalue weighted by Gasteiger charge is 2.30. The van der Waals surface area contributed by atoms with Crippen LogP contribution >= 0.6 is 0 Å². The minimum absolute atomic E-state index is 0.164. The molecule has 8 heteroatoms. The first-order valence-electron chi connectivity index (χ1n) is 7.76. The average molecular weight is 333 g/mol. The SMILES string of the molecule is NC1N=C(c2ccccc2)c2ccccc2N(Cc2nn[nH]n2)C1=O. The Bertz CT molecular complexity index is 921. The van der Waals surface area contributed by atoms with Gasteiger partial charge in [0.2, 0.25) is 0 Å². The highest BCUT2D eigenvalue weighted by atomic mass is 16.2. The number of nitrogens with two attached hydrogens (primary N) is 1. The largest absolute Gasteiger partial charge is 0.302 e. The molecule has 3 N–H and O–H groups in total. The number of aliphatic imine (C=N–C) groups is 1. The minimum atomic E-state index is -1.01. The number of hydrogen-bond acceptors (Lipinski definition) is 6. The zero-order valence-corrected chi connectivity index (χ0v) is 13.2. The summed E-state index contributed by atoms with van der Waals surface area (Å²) < 4.78 is 0. The number of anilines is 1. The second kappa shape index (κ2) is 6.25. The number of hydrogen-bond donors (Lipinski definition) is 2. The number of carbonyl (C=O) groups excluding carboxylic acids is 1. The van der Waals surface area contributed by atoms with E-state index in [0.29, 0.717) is 17.2 Å². The average Bonchev–Trinajstić information content (AvgIpc) is 3.14. The molecule has 2 heterocycles. The molecule has 25 heavy (non-hydrogen) atoms. The molecule has 0 bridgehead atoms. The van der Waals surface area contributed by atoms with E-state index in [1.54, 1.807) is 4.90 Å². The second-order valence-corrected chi connectivity index (χ2v) is 5.56. The van der Waals surface area contributed by atoms with Crippen molar-refractivity contribution in [1.82, 2.24) is 20.6 Å². The quantitative estimate of drug-likeness (QED) is 0.738. The number of benzene rings is 2. The number of aromatic amines is 1. The third-order valence-corrected chi connectivity index (χ3v) is 3.97. The number of H-pyrrole nitrogens is 1. The number of tetrazole rings is 1. The molecular weight excluding hydrogens is 318 g/mol. The van der Waals surface area contributed by atoms with E-state index >= 15 is 0 Å². The van der Waals surface area contributed by atoms with Crippen LogP contribution in [0.4, 0.5) is 5.69 Å². The zero-order chi connectivity index (χ0) is 17.2. The third-order valence-electron chi connectivity index (χ3n) is 3.97. The fourth-order valence-electron chi connectivity index (χ4n) is 2.83. The third kappa shape index (κ3) is 2.79. The van der Waals surface area contributed by atoms with Crippen molar-refractivity contribution >= 4 is 17.3 Å². The Labute approximate surface area is 143 Å². The molecule has 0 fully saturated rings. The van der Waals surface area contributed by atoms with Gasteiger partial charge in [-0.3, -0.25) is 9.79 Å². The van der Waals surface area contributed by atoms with Crippen molar-refractivity contribution in [3.63, 3.8) is 0 Å². The Morgan fingerprint density at radius 1 is 1.08 bits per heavy atom. The molecule has 0 spiro atoms. The van der Waals surface area contributed by atoms with Gasteiger partial charge in [0.25, 0.3) is 5.91 Å². The van der Waals surface area contributed by atoms with Crippen LogP contribution in [0.1, 0.15) is 17.0 Å². The Balaban J connectivity index is 1.85. The summed E-state index contributed by atoms with van der Waals surface area (Å²) >= 11 is 0. The van der Waals surface area contributed by atoms with Gasteiger partial charge in [-0.2, -0.15) is 5.21 Å². The van der Waals surface area contributed by atoms with E-state index in [2.05, 4.69) is 25.6 Å². The van der Waals surface area contributed by atoms with Crippen molar-refractivity contribution in [2.24, 2.45) is 10.7 Å². The lowest BCUT2D eigenvalue weighted by molar-refractivity contribution is -0.119. The Hall–Kier alpha value is -3.39. The number of fused-ring (bicyclic) bond motifs is 1. The van der Waals surface area contributed by atoms with Gasteiger partial charge >= 0.3 is 0 Å². The first kappa shape index (κ1) is 15.2. The summed E-state index contributed by atoms with van der Waals surface area (Å²) in [4.78, 5) is 18.9. The molecule has 1 aromatic heterocycles. The van der Waals surface area contributed by atoms with Gasteiger partial charge in [0.15, 0.2) is 12.0 Å². The van der Waals surface area contributed by atoms with Crippen LogP contribution < -0.4 is 10.6 Å². The van der Waals surface area contributed by atoms with E-state index in [1.807, 2.05) is 54.6 Å². The lowest BCUT2D eigenvalue weighted by Crippen LogP contribution is -2.42. The number of nitrogens with one attached hydrogen (secondary N) is 1. The summed E-state index contributed by atoms with van der Waals surface area (Å²) in [5, 5.41) is 13.8. The van der Waals surface area contributed by atoms with Crippen LogP contribution in [0.3, 0.4) is 0 Å². The summed E-state index contributed by atoms with van der Waals surface area (Å²) in [5.41, 5.74) is 9.20. The molecule has 8 nitrogen and oxygen atoms in total. The van der Waals surface area contributed by atoms with Crippen LogP contribution in [0.15, 0.2) is 59.6 Å². The molecule has 0 radical (unpaired) electrons. The normalized spacial score (nSPS) is 17.0. The van der Waals surface area contributed by atoms with Gasteiger partial charge in [0.1, 0.15) is 0 Å². The number of benzodiazepines with no additional fused rings is 1. The summed E-state index contributed by atoms with van der Waals surface area (Å²) in [6, 6.07) is 17.2. The molecule has 1 aliphatic heterocycles. The van der Waals surface area contributed by atoms with Crippen LogP contribution in [0.25, 0.3) is 0 Å². The molecule has 0 saturated carbocycles. The van der Waals surface area contributed by atoms with Crippen molar-refractivity contribution in [1.29, 1.82) is 0 Å². The summed E-state index contributed by atoms with van der Waals surface area (Å²) in [6.45, 7) is 0.164.